The topological polar surface area (TPSA) is 66.8 Å². The van der Waals surface area contributed by atoms with E-state index in [1.54, 1.807) is 4.90 Å². The zero-order valence-corrected chi connectivity index (χ0v) is 15.1. The third-order valence-electron chi connectivity index (χ3n) is 5.51. The van der Waals surface area contributed by atoms with E-state index in [9.17, 15) is 9.59 Å². The first-order chi connectivity index (χ1) is 13.1. The molecule has 1 saturated heterocycles. The highest BCUT2D eigenvalue weighted by atomic mass is 16.5. The van der Waals surface area contributed by atoms with E-state index >= 15 is 0 Å². The van der Waals surface area contributed by atoms with Crippen LogP contribution >= 0.6 is 0 Å². The number of likely N-dealkylation sites (tertiary alicyclic amines) is 1. The Morgan fingerprint density at radius 1 is 1.07 bits per heavy atom. The molecule has 5 nitrogen and oxygen atoms in total. The summed E-state index contributed by atoms with van der Waals surface area (Å²) in [6, 6.07) is 18.0. The molecular formula is C22H23NO4. The summed E-state index contributed by atoms with van der Waals surface area (Å²) in [7, 11) is 0. The number of rotatable bonds is 6. The number of carbonyl (C=O) groups is 2. The summed E-state index contributed by atoms with van der Waals surface area (Å²) in [4.78, 5) is 25.4. The van der Waals surface area contributed by atoms with Gasteiger partial charge in [0, 0.05) is 19.0 Å². The summed E-state index contributed by atoms with van der Waals surface area (Å²) in [6.45, 7) is 1.44. The molecule has 1 amide bonds. The molecular weight excluding hydrogens is 342 g/mol. The fraction of sp³-hybridized carbons (Fsp3) is 0.364. The number of carbonyl (C=O) groups excluding carboxylic acids is 1. The number of ether oxygens (including phenoxy) is 1. The first-order valence-electron chi connectivity index (χ1n) is 9.40. The normalized spacial score (nSPS) is 23.9. The molecule has 1 N–H and O–H groups in total. The Balaban J connectivity index is 1.30. The van der Waals surface area contributed by atoms with E-state index in [1.807, 2.05) is 54.6 Å². The molecule has 0 bridgehead atoms. The van der Waals surface area contributed by atoms with Crippen molar-refractivity contribution in [1.82, 2.24) is 4.90 Å². The average Bonchev–Trinajstić information content (AvgIpc) is 3.33. The lowest BCUT2D eigenvalue weighted by atomic mass is 10.1. The first kappa shape index (κ1) is 17.6. The molecule has 2 aromatic rings. The second-order valence-corrected chi connectivity index (χ2v) is 7.40. The summed E-state index contributed by atoms with van der Waals surface area (Å²) in [6.07, 6.45) is 1.41. The summed E-state index contributed by atoms with van der Waals surface area (Å²) in [5, 5.41) is 9.09. The Morgan fingerprint density at radius 2 is 1.81 bits per heavy atom. The van der Waals surface area contributed by atoms with Crippen LogP contribution in [-0.4, -0.2) is 35.0 Å². The molecule has 1 aliphatic heterocycles. The van der Waals surface area contributed by atoms with Crippen LogP contribution in [0.15, 0.2) is 54.6 Å². The van der Waals surface area contributed by atoms with E-state index in [2.05, 4.69) is 0 Å². The first-order valence-corrected chi connectivity index (χ1v) is 9.40. The van der Waals surface area contributed by atoms with E-state index in [1.165, 1.54) is 0 Å². The lowest BCUT2D eigenvalue weighted by Gasteiger charge is -2.15. The van der Waals surface area contributed by atoms with Gasteiger partial charge in [-0.3, -0.25) is 9.59 Å². The number of carboxylic acids is 1. The predicted molar refractivity (Wildman–Crippen MR) is 100 cm³/mol. The smallest absolute Gasteiger partial charge is 0.308 e. The van der Waals surface area contributed by atoms with Crippen LogP contribution in [0.1, 0.15) is 29.9 Å². The zero-order chi connectivity index (χ0) is 18.8. The van der Waals surface area contributed by atoms with Gasteiger partial charge in [-0.25, -0.2) is 0 Å². The molecule has 27 heavy (non-hydrogen) atoms. The Kier molecular flexibility index (Phi) is 4.84. The fourth-order valence-electron chi connectivity index (χ4n) is 3.78. The molecule has 4 rings (SSSR count). The van der Waals surface area contributed by atoms with Crippen LogP contribution in [-0.2, 0) is 16.2 Å². The van der Waals surface area contributed by atoms with Crippen molar-refractivity contribution in [2.24, 2.45) is 11.8 Å². The molecule has 2 aliphatic rings. The molecule has 1 heterocycles. The minimum atomic E-state index is -0.802. The van der Waals surface area contributed by atoms with Gasteiger partial charge in [0.25, 0.3) is 0 Å². The molecule has 0 radical (unpaired) electrons. The van der Waals surface area contributed by atoms with Gasteiger partial charge >= 0.3 is 5.97 Å². The van der Waals surface area contributed by atoms with Gasteiger partial charge in [0.2, 0.25) is 5.91 Å². The van der Waals surface area contributed by atoms with Crippen molar-refractivity contribution in [1.29, 1.82) is 0 Å². The largest absolute Gasteiger partial charge is 0.489 e. The quantitative estimate of drug-likeness (QED) is 0.853. The van der Waals surface area contributed by atoms with Crippen molar-refractivity contribution in [3.63, 3.8) is 0 Å². The molecule has 1 saturated carbocycles. The van der Waals surface area contributed by atoms with E-state index in [0.29, 0.717) is 26.1 Å². The van der Waals surface area contributed by atoms with Gasteiger partial charge in [-0.05, 0) is 42.0 Å². The summed E-state index contributed by atoms with van der Waals surface area (Å²) in [5.41, 5.74) is 2.27. The minimum absolute atomic E-state index is 0.00590. The molecule has 0 unspecified atom stereocenters. The van der Waals surface area contributed by atoms with Crippen molar-refractivity contribution in [2.75, 3.05) is 13.1 Å². The Labute approximate surface area is 158 Å². The second-order valence-electron chi connectivity index (χ2n) is 7.40. The van der Waals surface area contributed by atoms with Gasteiger partial charge in [-0.1, -0.05) is 42.5 Å². The number of aliphatic carboxylic acids is 1. The summed E-state index contributed by atoms with van der Waals surface area (Å²) >= 11 is 0. The fourth-order valence-corrected chi connectivity index (χ4v) is 3.78. The van der Waals surface area contributed by atoms with Gasteiger partial charge in [0.15, 0.2) is 0 Å². The van der Waals surface area contributed by atoms with Gasteiger partial charge < -0.3 is 14.7 Å². The molecule has 140 valence electrons. The van der Waals surface area contributed by atoms with Crippen LogP contribution in [0.25, 0.3) is 0 Å². The Morgan fingerprint density at radius 3 is 2.48 bits per heavy atom. The average molecular weight is 365 g/mol. The third kappa shape index (κ3) is 3.97. The number of nitrogens with zero attached hydrogens (tertiary/aromatic N) is 1. The third-order valence-corrected chi connectivity index (χ3v) is 5.51. The van der Waals surface area contributed by atoms with Crippen LogP contribution in [0.2, 0.25) is 0 Å². The van der Waals surface area contributed by atoms with Crippen molar-refractivity contribution >= 4 is 11.9 Å². The highest BCUT2D eigenvalue weighted by molar-refractivity contribution is 5.84. The maximum absolute atomic E-state index is 12.6. The summed E-state index contributed by atoms with van der Waals surface area (Å²) in [5.74, 6) is -0.0581. The standard InChI is InChI=1S/C22H23NO4/c24-21(23-11-10-17(13-23)22(25)26)20-12-19(20)16-6-8-18(9-7-16)27-14-15-4-2-1-3-5-15/h1-9,17,19-20H,10-14H2,(H,25,26)/t17-,19-,20-/m1/s1. The van der Waals surface area contributed by atoms with Crippen LogP contribution in [0, 0.1) is 11.8 Å². The molecule has 0 spiro atoms. The highest BCUT2D eigenvalue weighted by Gasteiger charge is 2.47. The Bertz CT molecular complexity index is 818. The lowest BCUT2D eigenvalue weighted by molar-refractivity contribution is -0.141. The molecule has 1 aliphatic carbocycles. The van der Waals surface area contributed by atoms with Crippen LogP contribution in [0.4, 0.5) is 0 Å². The number of amides is 1. The van der Waals surface area contributed by atoms with Crippen molar-refractivity contribution in [3.8, 4) is 5.75 Å². The molecule has 3 atom stereocenters. The molecule has 5 heteroatoms. The van der Waals surface area contributed by atoms with E-state index < -0.39 is 11.9 Å². The Hall–Kier alpha value is -2.82. The lowest BCUT2D eigenvalue weighted by Crippen LogP contribution is -2.31. The van der Waals surface area contributed by atoms with Gasteiger partial charge in [0.05, 0.1) is 5.92 Å². The van der Waals surface area contributed by atoms with Crippen molar-refractivity contribution in [3.05, 3.63) is 65.7 Å². The van der Waals surface area contributed by atoms with Gasteiger partial charge in [-0.2, -0.15) is 0 Å². The number of hydrogen-bond donors (Lipinski definition) is 1. The van der Waals surface area contributed by atoms with Crippen molar-refractivity contribution in [2.45, 2.75) is 25.4 Å². The van der Waals surface area contributed by atoms with Crippen LogP contribution < -0.4 is 4.74 Å². The maximum atomic E-state index is 12.6. The molecule has 0 aromatic heterocycles. The molecule has 2 aromatic carbocycles. The van der Waals surface area contributed by atoms with E-state index in [-0.39, 0.29) is 17.7 Å². The monoisotopic (exact) mass is 365 g/mol. The molecule has 2 fully saturated rings. The number of benzene rings is 2. The minimum Gasteiger partial charge on any atom is -0.489 e. The van der Waals surface area contributed by atoms with Crippen LogP contribution in [0.5, 0.6) is 5.75 Å². The van der Waals surface area contributed by atoms with Gasteiger partial charge in [-0.15, -0.1) is 0 Å². The highest BCUT2D eigenvalue weighted by Crippen LogP contribution is 2.49. The van der Waals surface area contributed by atoms with Gasteiger partial charge in [0.1, 0.15) is 12.4 Å². The zero-order valence-electron chi connectivity index (χ0n) is 15.1. The van der Waals surface area contributed by atoms with Crippen molar-refractivity contribution < 1.29 is 19.4 Å². The van der Waals surface area contributed by atoms with E-state index in [4.69, 9.17) is 9.84 Å². The summed E-state index contributed by atoms with van der Waals surface area (Å²) < 4.78 is 5.81. The second kappa shape index (κ2) is 7.43. The van der Waals surface area contributed by atoms with Crippen LogP contribution in [0.3, 0.4) is 0 Å². The van der Waals surface area contributed by atoms with E-state index in [0.717, 1.165) is 23.3 Å². The maximum Gasteiger partial charge on any atom is 0.308 e. The number of hydrogen-bond acceptors (Lipinski definition) is 3. The SMILES string of the molecule is O=C(O)[C@@H]1CCN(C(=O)[C@@H]2C[C@@H]2c2ccc(OCc3ccccc3)cc2)C1. The number of carboxylic acid groups (broad SMARTS) is 1. The predicted octanol–water partition coefficient (Wildman–Crippen LogP) is 3.30.